The van der Waals surface area contributed by atoms with Crippen molar-refractivity contribution in [3.63, 3.8) is 0 Å². The highest BCUT2D eigenvalue weighted by Crippen LogP contribution is 2.28. The Hall–Kier alpha value is -2.75. The minimum Gasteiger partial charge on any atom is -0.462 e. The Morgan fingerprint density at radius 3 is 2.64 bits per heavy atom. The van der Waals surface area contributed by atoms with Gasteiger partial charge in [0, 0.05) is 11.6 Å². The molecule has 1 aromatic heterocycles. The number of benzene rings is 2. The summed E-state index contributed by atoms with van der Waals surface area (Å²) in [6.07, 6.45) is 1.68. The largest absolute Gasteiger partial charge is 0.462 e. The fraction of sp³-hybridized carbons (Fsp3) is 0.111. The maximum Gasteiger partial charge on any atom is 0.338 e. The van der Waals surface area contributed by atoms with E-state index < -0.39 is 0 Å². The van der Waals surface area contributed by atoms with Crippen LogP contribution in [0.1, 0.15) is 17.3 Å². The van der Waals surface area contributed by atoms with Crippen LogP contribution in [0.3, 0.4) is 0 Å². The first-order valence-electron chi connectivity index (χ1n) is 7.01. The van der Waals surface area contributed by atoms with E-state index in [1.54, 1.807) is 37.4 Å². The molecular formula is C18H14FNO2. The number of carbonyl (C=O) groups excluding carboxylic acids is 1. The maximum absolute atomic E-state index is 13.1. The lowest BCUT2D eigenvalue weighted by atomic mass is 10.0. The molecule has 0 N–H and O–H groups in total. The molecule has 0 aliphatic rings. The number of carbonyl (C=O) groups is 1. The minimum atomic E-state index is -0.363. The number of fused-ring (bicyclic) bond motifs is 1. The third kappa shape index (κ3) is 2.68. The first kappa shape index (κ1) is 14.2. The van der Waals surface area contributed by atoms with E-state index in [0.717, 1.165) is 16.5 Å². The van der Waals surface area contributed by atoms with Crippen LogP contribution in [-0.2, 0) is 4.74 Å². The monoisotopic (exact) mass is 295 g/mol. The Morgan fingerprint density at radius 2 is 1.91 bits per heavy atom. The zero-order chi connectivity index (χ0) is 15.5. The summed E-state index contributed by atoms with van der Waals surface area (Å²) in [7, 11) is 0. The van der Waals surface area contributed by atoms with Crippen LogP contribution in [-0.4, -0.2) is 17.6 Å². The van der Waals surface area contributed by atoms with Gasteiger partial charge in [-0.3, -0.25) is 4.98 Å². The van der Waals surface area contributed by atoms with Gasteiger partial charge < -0.3 is 4.74 Å². The molecule has 3 aromatic rings. The highest BCUT2D eigenvalue weighted by Gasteiger charge is 2.10. The summed E-state index contributed by atoms with van der Waals surface area (Å²) in [5.41, 5.74) is 3.02. The molecule has 0 amide bonds. The van der Waals surface area contributed by atoms with E-state index in [1.807, 2.05) is 12.1 Å². The van der Waals surface area contributed by atoms with Crippen molar-refractivity contribution in [2.45, 2.75) is 6.92 Å². The molecule has 0 atom stereocenters. The molecule has 2 aromatic carbocycles. The number of hydrogen-bond acceptors (Lipinski definition) is 3. The Morgan fingerprint density at radius 1 is 1.14 bits per heavy atom. The summed E-state index contributed by atoms with van der Waals surface area (Å²) >= 11 is 0. The fourth-order valence-electron chi connectivity index (χ4n) is 2.37. The van der Waals surface area contributed by atoms with Crippen molar-refractivity contribution in [2.24, 2.45) is 0 Å². The van der Waals surface area contributed by atoms with Crippen molar-refractivity contribution in [2.75, 3.05) is 6.61 Å². The van der Waals surface area contributed by atoms with Crippen LogP contribution >= 0.6 is 0 Å². The lowest BCUT2D eigenvalue weighted by Gasteiger charge is -2.08. The molecule has 3 nitrogen and oxygen atoms in total. The third-order valence-electron chi connectivity index (χ3n) is 3.41. The molecule has 0 saturated carbocycles. The summed E-state index contributed by atoms with van der Waals surface area (Å²) in [6, 6.07) is 13.4. The van der Waals surface area contributed by atoms with E-state index in [2.05, 4.69) is 4.98 Å². The summed E-state index contributed by atoms with van der Waals surface area (Å²) in [4.78, 5) is 16.1. The second-order valence-corrected chi connectivity index (χ2v) is 4.82. The Labute approximate surface area is 127 Å². The van der Waals surface area contributed by atoms with Crippen LogP contribution < -0.4 is 0 Å². The summed E-state index contributed by atoms with van der Waals surface area (Å²) in [6.45, 7) is 2.10. The lowest BCUT2D eigenvalue weighted by Crippen LogP contribution is -2.04. The second kappa shape index (κ2) is 5.93. The normalized spacial score (nSPS) is 10.6. The van der Waals surface area contributed by atoms with Crippen LogP contribution in [0, 0.1) is 5.82 Å². The third-order valence-corrected chi connectivity index (χ3v) is 3.41. The van der Waals surface area contributed by atoms with E-state index in [9.17, 15) is 9.18 Å². The van der Waals surface area contributed by atoms with Crippen molar-refractivity contribution < 1.29 is 13.9 Å². The minimum absolute atomic E-state index is 0.272. The molecule has 0 aliphatic carbocycles. The van der Waals surface area contributed by atoms with Crippen LogP contribution in [0.4, 0.5) is 4.39 Å². The number of aromatic nitrogens is 1. The quantitative estimate of drug-likeness (QED) is 0.679. The van der Waals surface area contributed by atoms with E-state index in [-0.39, 0.29) is 11.8 Å². The summed E-state index contributed by atoms with van der Waals surface area (Å²) in [5, 5.41) is 0.905. The highest BCUT2D eigenvalue weighted by atomic mass is 19.1. The number of pyridine rings is 1. The van der Waals surface area contributed by atoms with Crippen molar-refractivity contribution >= 4 is 16.9 Å². The number of halogens is 1. The molecule has 22 heavy (non-hydrogen) atoms. The zero-order valence-electron chi connectivity index (χ0n) is 12.0. The van der Waals surface area contributed by atoms with Gasteiger partial charge in [-0.15, -0.1) is 0 Å². The van der Waals surface area contributed by atoms with Gasteiger partial charge in [-0.2, -0.15) is 0 Å². The smallest absolute Gasteiger partial charge is 0.338 e. The van der Waals surface area contributed by atoms with Crippen LogP contribution in [0.25, 0.3) is 22.0 Å². The van der Waals surface area contributed by atoms with E-state index in [4.69, 9.17) is 4.74 Å². The van der Waals surface area contributed by atoms with Crippen molar-refractivity contribution in [1.29, 1.82) is 0 Å². The van der Waals surface area contributed by atoms with Crippen molar-refractivity contribution in [3.05, 3.63) is 66.1 Å². The molecule has 3 rings (SSSR count). The standard InChI is InChI=1S/C18H14FNO2/c1-2-22-18(21)13-5-8-16-15(9-10-20-17(16)11-13)12-3-6-14(19)7-4-12/h3-11H,2H2,1H3. The van der Waals surface area contributed by atoms with Crippen LogP contribution in [0.2, 0.25) is 0 Å². The van der Waals surface area contributed by atoms with Gasteiger partial charge in [0.15, 0.2) is 0 Å². The van der Waals surface area contributed by atoms with Gasteiger partial charge >= 0.3 is 5.97 Å². The van der Waals surface area contributed by atoms with Gasteiger partial charge in [-0.05, 0) is 48.4 Å². The topological polar surface area (TPSA) is 39.2 Å². The molecule has 0 saturated heterocycles. The van der Waals surface area contributed by atoms with Crippen molar-refractivity contribution in [1.82, 2.24) is 4.98 Å². The predicted octanol–water partition coefficient (Wildman–Crippen LogP) is 4.22. The van der Waals surface area contributed by atoms with Crippen LogP contribution in [0.5, 0.6) is 0 Å². The number of hydrogen-bond donors (Lipinski definition) is 0. The molecule has 110 valence electrons. The molecule has 0 aliphatic heterocycles. The number of ether oxygens (including phenoxy) is 1. The van der Waals surface area contributed by atoms with Crippen LogP contribution in [0.15, 0.2) is 54.7 Å². The van der Waals surface area contributed by atoms with Gasteiger partial charge in [0.25, 0.3) is 0 Å². The molecule has 0 radical (unpaired) electrons. The molecule has 0 spiro atoms. The highest BCUT2D eigenvalue weighted by molar-refractivity contribution is 5.99. The van der Waals surface area contributed by atoms with E-state index in [1.165, 1.54) is 12.1 Å². The SMILES string of the molecule is CCOC(=O)c1ccc2c(-c3ccc(F)cc3)ccnc2c1. The molecule has 0 fully saturated rings. The van der Waals surface area contributed by atoms with Gasteiger partial charge in [0.1, 0.15) is 5.82 Å². The van der Waals surface area contributed by atoms with Crippen molar-refractivity contribution in [3.8, 4) is 11.1 Å². The number of nitrogens with zero attached hydrogens (tertiary/aromatic N) is 1. The molecule has 4 heteroatoms. The fourth-order valence-corrected chi connectivity index (χ4v) is 2.37. The lowest BCUT2D eigenvalue weighted by molar-refractivity contribution is 0.0526. The average molecular weight is 295 g/mol. The first-order chi connectivity index (χ1) is 10.7. The van der Waals surface area contributed by atoms with Gasteiger partial charge in [0.2, 0.25) is 0 Å². The molecule has 0 bridgehead atoms. The zero-order valence-corrected chi connectivity index (χ0v) is 12.0. The molecular weight excluding hydrogens is 281 g/mol. The van der Waals surface area contributed by atoms with Gasteiger partial charge in [-0.25, -0.2) is 9.18 Å². The summed E-state index contributed by atoms with van der Waals surface area (Å²) in [5.74, 6) is -0.634. The van der Waals surface area contributed by atoms with Gasteiger partial charge in [-0.1, -0.05) is 18.2 Å². The second-order valence-electron chi connectivity index (χ2n) is 4.82. The predicted molar refractivity (Wildman–Crippen MR) is 83.1 cm³/mol. The molecule has 0 unspecified atom stereocenters. The van der Waals surface area contributed by atoms with E-state index in [0.29, 0.717) is 17.7 Å². The Balaban J connectivity index is 2.10. The number of rotatable bonds is 3. The Bertz CT molecular complexity index is 828. The molecule has 1 heterocycles. The van der Waals surface area contributed by atoms with Gasteiger partial charge in [0.05, 0.1) is 17.7 Å². The average Bonchev–Trinajstić information content (AvgIpc) is 2.55. The Kier molecular flexibility index (Phi) is 3.83. The first-order valence-corrected chi connectivity index (χ1v) is 7.01. The number of esters is 1. The summed E-state index contributed by atoms with van der Waals surface area (Å²) < 4.78 is 18.1. The van der Waals surface area contributed by atoms with E-state index >= 15 is 0 Å². The maximum atomic E-state index is 13.1.